The largest absolute Gasteiger partial charge is 0.374 e. The Balaban J connectivity index is 1.69. The highest BCUT2D eigenvalue weighted by Crippen LogP contribution is 2.32. The van der Waals surface area contributed by atoms with Crippen molar-refractivity contribution in [2.75, 3.05) is 0 Å². The van der Waals surface area contributed by atoms with E-state index >= 15 is 0 Å². The first-order valence-electron chi connectivity index (χ1n) is 5.67. The smallest absolute Gasteiger partial charge is 0.0720 e. The zero-order valence-electron chi connectivity index (χ0n) is 9.23. The highest BCUT2D eigenvalue weighted by molar-refractivity contribution is 5.13. The SMILES string of the molecule is CC(N)C1CC(OCc2ccccc2)C1. The second kappa shape index (κ2) is 4.77. The summed E-state index contributed by atoms with van der Waals surface area (Å²) in [4.78, 5) is 0. The van der Waals surface area contributed by atoms with E-state index in [9.17, 15) is 0 Å². The molecule has 0 spiro atoms. The molecule has 0 amide bonds. The van der Waals surface area contributed by atoms with Crippen LogP contribution in [0.4, 0.5) is 0 Å². The fourth-order valence-corrected chi connectivity index (χ4v) is 1.96. The quantitative estimate of drug-likeness (QED) is 0.818. The molecule has 1 unspecified atom stereocenters. The van der Waals surface area contributed by atoms with Crippen LogP contribution < -0.4 is 5.73 Å². The summed E-state index contributed by atoms with van der Waals surface area (Å²) in [5.74, 6) is 0.672. The molecule has 1 aliphatic carbocycles. The van der Waals surface area contributed by atoms with Crippen molar-refractivity contribution >= 4 is 0 Å². The Labute approximate surface area is 91.4 Å². The van der Waals surface area contributed by atoms with Gasteiger partial charge in [-0.25, -0.2) is 0 Å². The average Bonchev–Trinajstić information content (AvgIpc) is 2.16. The molecule has 1 aliphatic rings. The van der Waals surface area contributed by atoms with Crippen LogP contribution >= 0.6 is 0 Å². The Morgan fingerprint density at radius 3 is 2.60 bits per heavy atom. The Bertz CT molecular complexity index is 291. The van der Waals surface area contributed by atoms with E-state index in [1.165, 1.54) is 5.56 Å². The lowest BCUT2D eigenvalue weighted by molar-refractivity contribution is -0.0449. The number of nitrogens with two attached hydrogens (primary N) is 1. The van der Waals surface area contributed by atoms with Gasteiger partial charge >= 0.3 is 0 Å². The summed E-state index contributed by atoms with van der Waals surface area (Å²) in [5, 5.41) is 0. The second-order valence-corrected chi connectivity index (χ2v) is 4.51. The van der Waals surface area contributed by atoms with Crippen LogP contribution in [-0.4, -0.2) is 12.1 Å². The van der Waals surface area contributed by atoms with E-state index in [1.54, 1.807) is 0 Å². The molecule has 0 aliphatic heterocycles. The van der Waals surface area contributed by atoms with Gasteiger partial charge in [-0.15, -0.1) is 0 Å². The van der Waals surface area contributed by atoms with Crippen molar-refractivity contribution in [2.24, 2.45) is 11.7 Å². The standard InChI is InChI=1S/C13H19NO/c1-10(14)12-7-13(8-12)15-9-11-5-3-2-4-6-11/h2-6,10,12-13H,7-9,14H2,1H3. The van der Waals surface area contributed by atoms with Crippen molar-refractivity contribution in [1.29, 1.82) is 0 Å². The van der Waals surface area contributed by atoms with Gasteiger partial charge in [0.25, 0.3) is 0 Å². The molecule has 0 saturated heterocycles. The minimum atomic E-state index is 0.321. The first-order chi connectivity index (χ1) is 7.25. The number of benzene rings is 1. The molecule has 0 bridgehead atoms. The molecule has 1 aromatic rings. The molecule has 2 N–H and O–H groups in total. The van der Waals surface area contributed by atoms with Crippen molar-refractivity contribution in [1.82, 2.24) is 0 Å². The van der Waals surface area contributed by atoms with Crippen LogP contribution in [0, 0.1) is 5.92 Å². The molecular formula is C13H19NO. The van der Waals surface area contributed by atoms with Gasteiger partial charge in [0.2, 0.25) is 0 Å². The molecule has 0 radical (unpaired) electrons. The minimum Gasteiger partial charge on any atom is -0.374 e. The summed E-state index contributed by atoms with van der Waals surface area (Å²) >= 11 is 0. The number of ether oxygens (including phenoxy) is 1. The van der Waals surface area contributed by atoms with Crippen LogP contribution in [0.5, 0.6) is 0 Å². The highest BCUT2D eigenvalue weighted by atomic mass is 16.5. The first kappa shape index (κ1) is 10.7. The lowest BCUT2D eigenvalue weighted by Gasteiger charge is -2.37. The predicted octanol–water partition coefficient (Wildman–Crippen LogP) is 2.33. The van der Waals surface area contributed by atoms with E-state index in [4.69, 9.17) is 10.5 Å². The maximum absolute atomic E-state index is 5.81. The maximum Gasteiger partial charge on any atom is 0.0720 e. The first-order valence-corrected chi connectivity index (χ1v) is 5.67. The molecular weight excluding hydrogens is 186 g/mol. The highest BCUT2D eigenvalue weighted by Gasteiger charge is 2.31. The van der Waals surface area contributed by atoms with E-state index in [-0.39, 0.29) is 0 Å². The summed E-state index contributed by atoms with van der Waals surface area (Å²) in [7, 11) is 0. The zero-order chi connectivity index (χ0) is 10.7. The van der Waals surface area contributed by atoms with Crippen molar-refractivity contribution in [3.05, 3.63) is 35.9 Å². The third-order valence-corrected chi connectivity index (χ3v) is 3.20. The van der Waals surface area contributed by atoms with Crippen molar-refractivity contribution in [3.8, 4) is 0 Å². The fraction of sp³-hybridized carbons (Fsp3) is 0.538. The van der Waals surface area contributed by atoms with Crippen molar-refractivity contribution in [2.45, 2.75) is 38.5 Å². The van der Waals surface area contributed by atoms with E-state index in [0.717, 1.165) is 19.4 Å². The summed E-state index contributed by atoms with van der Waals surface area (Å²) in [6.45, 7) is 2.81. The van der Waals surface area contributed by atoms with E-state index in [1.807, 2.05) is 18.2 Å². The lowest BCUT2D eigenvalue weighted by atomic mass is 9.78. The molecule has 82 valence electrons. The fourth-order valence-electron chi connectivity index (χ4n) is 1.96. The summed E-state index contributed by atoms with van der Waals surface area (Å²) < 4.78 is 5.79. The maximum atomic E-state index is 5.81. The molecule has 2 nitrogen and oxygen atoms in total. The average molecular weight is 205 g/mol. The molecule has 0 aromatic heterocycles. The normalized spacial score (nSPS) is 27.1. The van der Waals surface area contributed by atoms with Gasteiger partial charge in [-0.2, -0.15) is 0 Å². The molecule has 1 saturated carbocycles. The van der Waals surface area contributed by atoms with Crippen LogP contribution in [0.25, 0.3) is 0 Å². The van der Waals surface area contributed by atoms with E-state index in [2.05, 4.69) is 19.1 Å². The molecule has 1 fully saturated rings. The zero-order valence-corrected chi connectivity index (χ0v) is 9.23. The third kappa shape index (κ3) is 2.80. The molecule has 2 rings (SSSR count). The van der Waals surface area contributed by atoms with Gasteiger partial charge in [0, 0.05) is 6.04 Å². The monoisotopic (exact) mass is 205 g/mol. The van der Waals surface area contributed by atoms with Gasteiger partial charge in [-0.05, 0) is 31.2 Å². The van der Waals surface area contributed by atoms with E-state index < -0.39 is 0 Å². The Morgan fingerprint density at radius 1 is 1.33 bits per heavy atom. The van der Waals surface area contributed by atoms with Gasteiger partial charge < -0.3 is 10.5 Å². The number of hydrogen-bond acceptors (Lipinski definition) is 2. The van der Waals surface area contributed by atoms with Gasteiger partial charge in [0.05, 0.1) is 12.7 Å². The Kier molecular flexibility index (Phi) is 3.39. The molecule has 1 aromatic carbocycles. The summed E-state index contributed by atoms with van der Waals surface area (Å²) in [6.07, 6.45) is 2.69. The van der Waals surface area contributed by atoms with Crippen LogP contribution in [0.1, 0.15) is 25.3 Å². The minimum absolute atomic E-state index is 0.321. The van der Waals surface area contributed by atoms with Crippen LogP contribution in [0.3, 0.4) is 0 Å². The Hall–Kier alpha value is -0.860. The van der Waals surface area contributed by atoms with Crippen LogP contribution in [0.15, 0.2) is 30.3 Å². The summed E-state index contributed by atoms with van der Waals surface area (Å²) in [6, 6.07) is 10.6. The van der Waals surface area contributed by atoms with Gasteiger partial charge in [0.15, 0.2) is 0 Å². The van der Waals surface area contributed by atoms with Gasteiger partial charge in [-0.3, -0.25) is 0 Å². The van der Waals surface area contributed by atoms with Gasteiger partial charge in [0.1, 0.15) is 0 Å². The van der Waals surface area contributed by atoms with Crippen LogP contribution in [-0.2, 0) is 11.3 Å². The summed E-state index contributed by atoms with van der Waals surface area (Å²) in [5.41, 5.74) is 7.06. The van der Waals surface area contributed by atoms with Gasteiger partial charge in [-0.1, -0.05) is 30.3 Å². The number of hydrogen-bond donors (Lipinski definition) is 1. The van der Waals surface area contributed by atoms with Crippen LogP contribution in [0.2, 0.25) is 0 Å². The molecule has 1 atom stereocenters. The second-order valence-electron chi connectivity index (χ2n) is 4.51. The predicted molar refractivity (Wildman–Crippen MR) is 61.4 cm³/mol. The van der Waals surface area contributed by atoms with E-state index in [0.29, 0.717) is 18.1 Å². The Morgan fingerprint density at radius 2 is 2.00 bits per heavy atom. The van der Waals surface area contributed by atoms with Crippen molar-refractivity contribution < 1.29 is 4.74 Å². The molecule has 2 heteroatoms. The lowest BCUT2D eigenvalue weighted by Crippen LogP contribution is -2.41. The third-order valence-electron chi connectivity index (χ3n) is 3.20. The topological polar surface area (TPSA) is 35.2 Å². The number of rotatable bonds is 4. The van der Waals surface area contributed by atoms with Crippen molar-refractivity contribution in [3.63, 3.8) is 0 Å². The molecule has 15 heavy (non-hydrogen) atoms. The molecule has 0 heterocycles.